The topological polar surface area (TPSA) is 79.5 Å². The lowest BCUT2D eigenvalue weighted by atomic mass is 10.1. The summed E-state index contributed by atoms with van der Waals surface area (Å²) >= 11 is 1.74. The van der Waals surface area contributed by atoms with Gasteiger partial charge in [0, 0.05) is 38.5 Å². The second kappa shape index (κ2) is 7.07. The summed E-state index contributed by atoms with van der Waals surface area (Å²) in [6.45, 7) is 0. The largest absolute Gasteiger partial charge is 0.495 e. The van der Waals surface area contributed by atoms with E-state index in [1.54, 1.807) is 37.0 Å². The number of ether oxygens (including phenoxy) is 1. The maximum absolute atomic E-state index is 5.30. The van der Waals surface area contributed by atoms with E-state index >= 15 is 0 Å². The van der Waals surface area contributed by atoms with Gasteiger partial charge in [-0.3, -0.25) is 15.1 Å². The smallest absolute Gasteiger partial charge is 0.137 e. The van der Waals surface area contributed by atoms with Gasteiger partial charge in [0.15, 0.2) is 0 Å². The van der Waals surface area contributed by atoms with Crippen molar-refractivity contribution in [2.75, 3.05) is 7.11 Å². The van der Waals surface area contributed by atoms with Crippen LogP contribution in [0.5, 0.6) is 5.75 Å². The van der Waals surface area contributed by atoms with Crippen LogP contribution in [0.2, 0.25) is 0 Å². The lowest BCUT2D eigenvalue weighted by molar-refractivity contribution is 0.413. The maximum atomic E-state index is 5.30. The van der Waals surface area contributed by atoms with Crippen LogP contribution in [0.1, 0.15) is 0 Å². The first-order chi connectivity index (χ1) is 15.3. The van der Waals surface area contributed by atoms with E-state index in [4.69, 9.17) is 4.74 Å². The van der Waals surface area contributed by atoms with Crippen molar-refractivity contribution in [1.29, 1.82) is 0 Å². The normalized spacial score (nSPS) is 11.4. The Morgan fingerprint density at radius 2 is 1.90 bits per heavy atom. The highest BCUT2D eigenvalue weighted by Gasteiger charge is 2.15. The molecule has 0 fully saturated rings. The minimum Gasteiger partial charge on any atom is -0.495 e. The number of pyridine rings is 2. The number of fused-ring (bicyclic) bond motifs is 2. The molecule has 6 rings (SSSR count). The number of nitrogens with zero attached hydrogens (tertiary/aromatic N) is 3. The molecule has 0 atom stereocenters. The Hall–Kier alpha value is -3.97. The molecule has 5 heterocycles. The third-order valence-electron chi connectivity index (χ3n) is 5.40. The van der Waals surface area contributed by atoms with E-state index in [-0.39, 0.29) is 0 Å². The average molecular weight is 424 g/mol. The van der Waals surface area contributed by atoms with Gasteiger partial charge in [-0.15, -0.1) is 11.3 Å². The van der Waals surface area contributed by atoms with E-state index < -0.39 is 0 Å². The highest BCUT2D eigenvalue weighted by Crippen LogP contribution is 2.36. The van der Waals surface area contributed by atoms with E-state index in [0.29, 0.717) is 5.75 Å². The minimum absolute atomic E-state index is 0.698. The van der Waals surface area contributed by atoms with Crippen LogP contribution in [0.25, 0.3) is 54.9 Å². The van der Waals surface area contributed by atoms with Crippen molar-refractivity contribution in [1.82, 2.24) is 25.1 Å². The lowest BCUT2D eigenvalue weighted by Crippen LogP contribution is -1.88. The fourth-order valence-corrected chi connectivity index (χ4v) is 4.65. The van der Waals surface area contributed by atoms with Crippen LogP contribution in [0, 0.1) is 0 Å². The van der Waals surface area contributed by atoms with Crippen molar-refractivity contribution in [3.05, 3.63) is 72.5 Å². The number of thiophene rings is 1. The molecule has 0 aliphatic carbocycles. The first-order valence-corrected chi connectivity index (χ1v) is 10.7. The van der Waals surface area contributed by atoms with Gasteiger partial charge in [-0.1, -0.05) is 18.2 Å². The molecule has 0 amide bonds. The number of hydrogen-bond acceptors (Lipinski definition) is 5. The first kappa shape index (κ1) is 17.9. The van der Waals surface area contributed by atoms with Crippen molar-refractivity contribution >= 4 is 33.1 Å². The summed E-state index contributed by atoms with van der Waals surface area (Å²) in [7, 11) is 1.63. The highest BCUT2D eigenvalue weighted by atomic mass is 32.1. The molecule has 6 aromatic rings. The van der Waals surface area contributed by atoms with Gasteiger partial charge >= 0.3 is 0 Å². The minimum atomic E-state index is 0.698. The number of benzene rings is 1. The molecule has 0 spiro atoms. The van der Waals surface area contributed by atoms with Crippen LogP contribution in [0.3, 0.4) is 0 Å². The monoisotopic (exact) mass is 423 g/mol. The van der Waals surface area contributed by atoms with Crippen molar-refractivity contribution in [2.45, 2.75) is 0 Å². The molecule has 150 valence electrons. The van der Waals surface area contributed by atoms with Crippen LogP contribution in [0.15, 0.2) is 72.5 Å². The van der Waals surface area contributed by atoms with Crippen molar-refractivity contribution in [3.63, 3.8) is 0 Å². The van der Waals surface area contributed by atoms with Crippen molar-refractivity contribution < 1.29 is 4.74 Å². The summed E-state index contributed by atoms with van der Waals surface area (Å²) < 4.78 is 5.30. The fourth-order valence-electron chi connectivity index (χ4n) is 3.88. The molecule has 0 radical (unpaired) electrons. The summed E-state index contributed by atoms with van der Waals surface area (Å²) in [5.41, 5.74) is 6.73. The lowest BCUT2D eigenvalue weighted by Gasteiger charge is -2.04. The molecule has 7 heteroatoms. The van der Waals surface area contributed by atoms with Gasteiger partial charge in [0.2, 0.25) is 0 Å². The van der Waals surface area contributed by atoms with Crippen molar-refractivity contribution in [3.8, 4) is 38.8 Å². The SMILES string of the molecule is COc1cncc(-c2cc3c(-c4cc5c(-c6cccs6)cccc5[nH]4)n[nH]c3cn2)c1. The van der Waals surface area contributed by atoms with E-state index in [2.05, 4.69) is 66.9 Å². The van der Waals surface area contributed by atoms with Gasteiger partial charge in [0.05, 0.1) is 36.4 Å². The molecule has 0 aliphatic rings. The quantitative estimate of drug-likeness (QED) is 0.370. The first-order valence-electron chi connectivity index (χ1n) is 9.80. The number of aromatic nitrogens is 5. The molecule has 0 saturated carbocycles. The van der Waals surface area contributed by atoms with Crippen LogP contribution < -0.4 is 4.74 Å². The maximum Gasteiger partial charge on any atom is 0.137 e. The Balaban J connectivity index is 1.50. The molecule has 2 N–H and O–H groups in total. The third-order valence-corrected chi connectivity index (χ3v) is 6.30. The Bertz CT molecular complexity index is 1530. The second-order valence-corrected chi connectivity index (χ2v) is 8.18. The van der Waals surface area contributed by atoms with Crippen molar-refractivity contribution in [2.24, 2.45) is 0 Å². The average Bonchev–Trinajstić information content (AvgIpc) is 3.57. The van der Waals surface area contributed by atoms with Crippen LogP contribution in [0.4, 0.5) is 0 Å². The Morgan fingerprint density at radius 1 is 0.935 bits per heavy atom. The number of hydrogen-bond donors (Lipinski definition) is 2. The molecule has 0 saturated heterocycles. The number of aromatic amines is 2. The van der Waals surface area contributed by atoms with Gasteiger partial charge in [-0.2, -0.15) is 5.10 Å². The molecule has 5 aromatic heterocycles. The standard InChI is InChI=1S/C24H17N5OS/c1-30-15-8-14(11-25-12-15)20-10-18-22(13-26-20)28-29-24(18)21-9-17-16(23-6-3-7-31-23)4-2-5-19(17)27-21/h2-13,27H,1H3,(H,28,29). The van der Waals surface area contributed by atoms with Crippen LogP contribution in [-0.4, -0.2) is 32.3 Å². The summed E-state index contributed by atoms with van der Waals surface area (Å²) in [5.74, 6) is 0.698. The molecule has 1 aromatic carbocycles. The van der Waals surface area contributed by atoms with Crippen LogP contribution >= 0.6 is 11.3 Å². The molecular weight excluding hydrogens is 406 g/mol. The van der Waals surface area contributed by atoms with Gasteiger partial charge in [0.1, 0.15) is 11.4 Å². The third kappa shape index (κ3) is 2.98. The number of H-pyrrole nitrogens is 2. The summed E-state index contributed by atoms with van der Waals surface area (Å²) in [4.78, 5) is 13.6. The van der Waals surface area contributed by atoms with E-state index in [1.165, 1.54) is 15.8 Å². The Kier molecular flexibility index (Phi) is 4.07. The molecule has 0 unspecified atom stereocenters. The summed E-state index contributed by atoms with van der Waals surface area (Å²) in [6.07, 6.45) is 5.27. The zero-order valence-electron chi connectivity index (χ0n) is 16.6. The molecule has 0 bridgehead atoms. The molecule has 6 nitrogen and oxygen atoms in total. The summed E-state index contributed by atoms with van der Waals surface area (Å²) in [6, 6.07) is 16.7. The zero-order valence-corrected chi connectivity index (χ0v) is 17.4. The number of methoxy groups -OCH3 is 1. The number of rotatable bonds is 4. The Labute approximate surface area is 181 Å². The molecular formula is C24H17N5OS. The van der Waals surface area contributed by atoms with Gasteiger partial charge in [-0.05, 0) is 35.7 Å². The van der Waals surface area contributed by atoms with E-state index in [9.17, 15) is 0 Å². The number of nitrogens with one attached hydrogen (secondary N) is 2. The fraction of sp³-hybridized carbons (Fsp3) is 0.0417. The van der Waals surface area contributed by atoms with Gasteiger partial charge in [0.25, 0.3) is 0 Å². The van der Waals surface area contributed by atoms with E-state index in [0.717, 1.165) is 39.1 Å². The predicted molar refractivity (Wildman–Crippen MR) is 124 cm³/mol. The van der Waals surface area contributed by atoms with Crippen LogP contribution in [-0.2, 0) is 0 Å². The Morgan fingerprint density at radius 3 is 2.77 bits per heavy atom. The van der Waals surface area contributed by atoms with E-state index in [1.807, 2.05) is 12.1 Å². The zero-order chi connectivity index (χ0) is 20.8. The predicted octanol–water partition coefficient (Wildman–Crippen LogP) is 5.91. The second-order valence-electron chi connectivity index (χ2n) is 7.23. The molecule has 31 heavy (non-hydrogen) atoms. The van der Waals surface area contributed by atoms with Gasteiger partial charge < -0.3 is 9.72 Å². The summed E-state index contributed by atoms with van der Waals surface area (Å²) in [5, 5.41) is 12.0. The molecule has 0 aliphatic heterocycles. The van der Waals surface area contributed by atoms with Gasteiger partial charge in [-0.25, -0.2) is 0 Å². The highest BCUT2D eigenvalue weighted by molar-refractivity contribution is 7.13.